The number of sulfonamides is 1. The number of aliphatic carboxylic acids is 1. The highest BCUT2D eigenvalue weighted by molar-refractivity contribution is 7.92. The molecule has 0 radical (unpaired) electrons. The van der Waals surface area contributed by atoms with Gasteiger partial charge in [0, 0.05) is 12.0 Å². The molecule has 0 spiro atoms. The molecule has 5 aromatic carbocycles. The molecule has 0 saturated heterocycles. The summed E-state index contributed by atoms with van der Waals surface area (Å²) in [5.74, 6) is -3.25. The van der Waals surface area contributed by atoms with Crippen LogP contribution in [0.4, 0.5) is 18.9 Å². The molecule has 0 heterocycles. The Labute approximate surface area is 269 Å². The molecule has 0 aliphatic heterocycles. The van der Waals surface area contributed by atoms with Crippen molar-refractivity contribution >= 4 is 38.2 Å². The second-order valence-corrected chi connectivity index (χ2v) is 12.8. The normalized spacial score (nSPS) is 12.4. The number of carboxylic acid groups (broad SMARTS) is 1. The summed E-state index contributed by atoms with van der Waals surface area (Å²) in [6.45, 7) is -0.274. The molecule has 0 fully saturated rings. The lowest BCUT2D eigenvalue weighted by atomic mass is 9.92. The van der Waals surface area contributed by atoms with Crippen molar-refractivity contribution in [1.82, 2.24) is 0 Å². The van der Waals surface area contributed by atoms with Gasteiger partial charge in [0.2, 0.25) is 0 Å². The van der Waals surface area contributed by atoms with Gasteiger partial charge in [0.15, 0.2) is 5.78 Å². The second kappa shape index (κ2) is 13.7. The van der Waals surface area contributed by atoms with Crippen molar-refractivity contribution in [3.63, 3.8) is 0 Å². The molecular formula is C36H30F3NO6S. The summed E-state index contributed by atoms with van der Waals surface area (Å²) < 4.78 is 75.8. The molecule has 0 aliphatic carbocycles. The van der Waals surface area contributed by atoms with E-state index in [-0.39, 0.29) is 30.6 Å². The lowest BCUT2D eigenvalue weighted by Crippen LogP contribution is -2.31. The molecule has 0 bridgehead atoms. The van der Waals surface area contributed by atoms with Crippen molar-refractivity contribution in [2.75, 3.05) is 11.4 Å². The lowest BCUT2D eigenvalue weighted by Gasteiger charge is -2.26. The fourth-order valence-electron chi connectivity index (χ4n) is 5.34. The topological polar surface area (TPSA) is 101 Å². The Morgan fingerprint density at radius 1 is 0.809 bits per heavy atom. The largest absolute Gasteiger partial charge is 0.496 e. The van der Waals surface area contributed by atoms with Crippen molar-refractivity contribution < 1.29 is 41.0 Å². The van der Waals surface area contributed by atoms with E-state index in [2.05, 4.69) is 0 Å². The molecule has 0 aromatic heterocycles. The van der Waals surface area contributed by atoms with Crippen LogP contribution in [-0.4, -0.2) is 32.4 Å². The van der Waals surface area contributed by atoms with Gasteiger partial charge in [0.05, 0.1) is 35.7 Å². The lowest BCUT2D eigenvalue weighted by molar-refractivity contribution is -0.141. The molecule has 242 valence electrons. The van der Waals surface area contributed by atoms with Crippen LogP contribution in [0.15, 0.2) is 120 Å². The van der Waals surface area contributed by atoms with E-state index >= 15 is 0 Å². The standard InChI is InChI=1S/C36H30F3NO6S/c1-46-34-17-16-31(22-32(34)36(37,38)39)47(44,45)40(23-25-14-15-26-10-5-6-11-27(26)19-25)30-13-7-12-28(20-30)33(41)21-29(35(42)43)18-24-8-3-2-4-9-24/h2-17,19-20,22,29H,18,21,23H2,1H3,(H,42,43). The molecule has 0 aliphatic rings. The van der Waals surface area contributed by atoms with Crippen LogP contribution in [0.25, 0.3) is 10.8 Å². The van der Waals surface area contributed by atoms with Crippen molar-refractivity contribution in [2.24, 2.45) is 5.92 Å². The number of anilines is 1. The first kappa shape index (κ1) is 33.2. The van der Waals surface area contributed by atoms with Gasteiger partial charge in [0.25, 0.3) is 10.0 Å². The minimum absolute atomic E-state index is 0.0170. The molecule has 0 saturated carbocycles. The minimum atomic E-state index is -4.90. The number of nitrogens with zero attached hydrogens (tertiary/aromatic N) is 1. The van der Waals surface area contributed by atoms with Crippen LogP contribution in [0.3, 0.4) is 0 Å². The zero-order chi connectivity index (χ0) is 33.8. The molecule has 1 unspecified atom stereocenters. The Bertz CT molecular complexity index is 2030. The number of carboxylic acids is 1. The Morgan fingerprint density at radius 3 is 2.19 bits per heavy atom. The zero-order valence-electron chi connectivity index (χ0n) is 25.1. The monoisotopic (exact) mass is 661 g/mol. The smallest absolute Gasteiger partial charge is 0.420 e. The van der Waals surface area contributed by atoms with Gasteiger partial charge in [-0.3, -0.25) is 13.9 Å². The summed E-state index contributed by atoms with van der Waals surface area (Å²) >= 11 is 0. The van der Waals surface area contributed by atoms with E-state index < -0.39 is 50.1 Å². The van der Waals surface area contributed by atoms with Crippen molar-refractivity contribution in [3.8, 4) is 5.75 Å². The fraction of sp³-hybridized carbons (Fsp3) is 0.167. The highest BCUT2D eigenvalue weighted by atomic mass is 32.2. The molecule has 0 amide bonds. The number of Topliss-reactive ketones (excluding diaryl/α,β-unsaturated/α-hetero) is 1. The minimum Gasteiger partial charge on any atom is -0.496 e. The number of ether oxygens (including phenoxy) is 1. The highest BCUT2D eigenvalue weighted by Gasteiger charge is 2.37. The van der Waals surface area contributed by atoms with Crippen LogP contribution in [0.1, 0.15) is 33.5 Å². The van der Waals surface area contributed by atoms with E-state index in [1.165, 1.54) is 24.3 Å². The van der Waals surface area contributed by atoms with E-state index in [1.807, 2.05) is 30.3 Å². The second-order valence-electron chi connectivity index (χ2n) is 11.0. The van der Waals surface area contributed by atoms with Crippen molar-refractivity contribution in [3.05, 3.63) is 138 Å². The first-order chi connectivity index (χ1) is 22.4. The Morgan fingerprint density at radius 2 is 1.51 bits per heavy atom. The molecule has 7 nitrogen and oxygen atoms in total. The number of rotatable bonds is 12. The average molecular weight is 662 g/mol. The summed E-state index contributed by atoms with van der Waals surface area (Å²) in [5.41, 5.74) is 0.109. The first-order valence-electron chi connectivity index (χ1n) is 14.5. The van der Waals surface area contributed by atoms with Gasteiger partial charge in [0.1, 0.15) is 5.75 Å². The number of ketones is 1. The number of fused-ring (bicyclic) bond motifs is 1. The van der Waals surface area contributed by atoms with Gasteiger partial charge in [-0.25, -0.2) is 8.42 Å². The van der Waals surface area contributed by atoms with Gasteiger partial charge in [-0.1, -0.05) is 78.9 Å². The number of hydrogen-bond donors (Lipinski definition) is 1. The summed E-state index contributed by atoms with van der Waals surface area (Å²) in [6.07, 6.45) is -5.13. The fourth-order valence-corrected chi connectivity index (χ4v) is 6.81. The molecule has 1 N–H and O–H groups in total. The molecule has 5 aromatic rings. The average Bonchev–Trinajstić information content (AvgIpc) is 3.06. The summed E-state index contributed by atoms with van der Waals surface area (Å²) in [6, 6.07) is 29.8. The molecule has 11 heteroatoms. The predicted octanol–water partition coefficient (Wildman–Crippen LogP) is 7.78. The SMILES string of the molecule is COc1ccc(S(=O)(=O)N(Cc2ccc3ccccc3c2)c2cccc(C(=O)CC(Cc3ccccc3)C(=O)O)c2)cc1C(F)(F)F. The molecular weight excluding hydrogens is 631 g/mol. The van der Waals surface area contributed by atoms with Gasteiger partial charge in [-0.05, 0) is 64.7 Å². The maximum absolute atomic E-state index is 14.2. The number of alkyl halides is 3. The van der Waals surface area contributed by atoms with Crippen LogP contribution < -0.4 is 9.04 Å². The third kappa shape index (κ3) is 7.63. The van der Waals surface area contributed by atoms with Crippen LogP contribution in [0.2, 0.25) is 0 Å². The summed E-state index contributed by atoms with van der Waals surface area (Å²) in [7, 11) is -3.60. The number of carbonyl (C=O) groups excluding carboxylic acids is 1. The van der Waals surface area contributed by atoms with Gasteiger partial charge >= 0.3 is 12.1 Å². The number of benzene rings is 5. The quantitative estimate of drug-likeness (QED) is 0.137. The maximum atomic E-state index is 14.2. The molecule has 47 heavy (non-hydrogen) atoms. The van der Waals surface area contributed by atoms with Crippen LogP contribution in [-0.2, 0) is 34.0 Å². The first-order valence-corrected chi connectivity index (χ1v) is 16.0. The van der Waals surface area contributed by atoms with E-state index in [9.17, 15) is 36.3 Å². The third-order valence-corrected chi connectivity index (χ3v) is 9.54. The Kier molecular flexibility index (Phi) is 9.67. The van der Waals surface area contributed by atoms with E-state index in [1.54, 1.807) is 42.5 Å². The van der Waals surface area contributed by atoms with E-state index in [0.29, 0.717) is 11.6 Å². The molecule has 1 atom stereocenters. The predicted molar refractivity (Wildman–Crippen MR) is 172 cm³/mol. The zero-order valence-corrected chi connectivity index (χ0v) is 26.0. The maximum Gasteiger partial charge on any atom is 0.420 e. The van der Waals surface area contributed by atoms with Gasteiger partial charge < -0.3 is 9.84 Å². The van der Waals surface area contributed by atoms with Gasteiger partial charge in [-0.15, -0.1) is 0 Å². The Hall–Kier alpha value is -5.16. The van der Waals surface area contributed by atoms with Crippen molar-refractivity contribution in [2.45, 2.75) is 30.5 Å². The third-order valence-electron chi connectivity index (χ3n) is 7.77. The van der Waals surface area contributed by atoms with Crippen LogP contribution in [0, 0.1) is 5.92 Å². The highest BCUT2D eigenvalue weighted by Crippen LogP contribution is 2.39. The van der Waals surface area contributed by atoms with Crippen LogP contribution >= 0.6 is 0 Å². The Balaban J connectivity index is 1.55. The molecule has 5 rings (SSSR count). The summed E-state index contributed by atoms with van der Waals surface area (Å²) in [5, 5.41) is 11.6. The van der Waals surface area contributed by atoms with E-state index in [4.69, 9.17) is 4.74 Å². The van der Waals surface area contributed by atoms with Gasteiger partial charge in [-0.2, -0.15) is 13.2 Å². The van der Waals surface area contributed by atoms with Crippen LogP contribution in [0.5, 0.6) is 5.75 Å². The number of carbonyl (C=O) groups is 2. The number of hydrogen-bond acceptors (Lipinski definition) is 5. The summed E-state index contributed by atoms with van der Waals surface area (Å²) in [4.78, 5) is 24.8. The number of halogens is 3. The van der Waals surface area contributed by atoms with Crippen molar-refractivity contribution in [1.29, 1.82) is 0 Å². The van der Waals surface area contributed by atoms with E-state index in [0.717, 1.165) is 39.9 Å². The number of methoxy groups -OCH3 is 1.